The summed E-state index contributed by atoms with van der Waals surface area (Å²) in [5.74, 6) is -8.95. The number of hydrogen-bond donors (Lipinski definition) is 0. The van der Waals surface area contributed by atoms with Gasteiger partial charge in [0, 0.05) is 164 Å². The second-order valence-electron chi connectivity index (χ2n) is 37.6. The maximum absolute atomic E-state index is 14.0. The molecule has 0 saturated carbocycles. The first-order valence-corrected chi connectivity index (χ1v) is 50.7. The van der Waals surface area contributed by atoms with Crippen molar-refractivity contribution in [2.45, 2.75) is 302 Å². The highest BCUT2D eigenvalue weighted by Gasteiger charge is 2.44. The Morgan fingerprint density at radius 2 is 0.284 bits per heavy atom. The Morgan fingerprint density at radius 1 is 0.162 bits per heavy atom. The van der Waals surface area contributed by atoms with Gasteiger partial charge in [0.1, 0.15) is 85.1 Å². The summed E-state index contributed by atoms with van der Waals surface area (Å²) in [6, 6.07) is 0. The molecule has 42 heteroatoms. The Bertz CT molecular complexity index is 4390. The minimum Gasteiger partial charge on any atom is -0.465 e. The Morgan fingerprint density at radius 3 is 0.405 bits per heavy atom. The molecular formula is C106H170N12O30. The predicted molar refractivity (Wildman–Crippen MR) is 566 cm³/mol. The van der Waals surface area contributed by atoms with Gasteiger partial charge in [0.05, 0.1) is 145 Å². The molecule has 0 aliphatic heterocycles. The van der Waals surface area contributed by atoms with Crippen LogP contribution >= 0.6 is 0 Å². The van der Waals surface area contributed by atoms with E-state index in [0.29, 0.717) is 107 Å². The van der Waals surface area contributed by atoms with Crippen molar-refractivity contribution in [2.24, 2.45) is 81.6 Å². The van der Waals surface area contributed by atoms with E-state index in [0.717, 1.165) is 0 Å². The topological polar surface area (TPSA) is 551 Å². The third-order valence-corrected chi connectivity index (χ3v) is 24.1. The van der Waals surface area contributed by atoms with Gasteiger partial charge >= 0.3 is 71.6 Å². The molecule has 834 valence electrons. The van der Waals surface area contributed by atoms with Crippen molar-refractivity contribution in [2.75, 3.05) is 189 Å². The molecule has 0 aliphatic carbocycles. The van der Waals surface area contributed by atoms with Crippen molar-refractivity contribution in [3.05, 3.63) is 0 Å². The molecule has 0 aromatic carbocycles. The van der Waals surface area contributed by atoms with Gasteiger partial charge in [-0.3, -0.25) is 137 Å². The molecule has 148 heavy (non-hydrogen) atoms. The zero-order chi connectivity index (χ0) is 111. The zero-order valence-corrected chi connectivity index (χ0v) is 92.4. The summed E-state index contributed by atoms with van der Waals surface area (Å²) >= 11 is 0. The fraction of sp³-hybridized carbons (Fsp3) is 0.736. The van der Waals surface area contributed by atoms with Crippen LogP contribution in [0.2, 0.25) is 0 Å². The lowest BCUT2D eigenvalue weighted by atomic mass is 9.90. The van der Waals surface area contributed by atoms with Gasteiger partial charge in [0.2, 0.25) is 0 Å². The smallest absolute Gasteiger partial charge is 0.306 e. The molecule has 0 spiro atoms. The molecule has 0 aromatic rings. The molecule has 0 bridgehead atoms. The van der Waals surface area contributed by atoms with Crippen molar-refractivity contribution in [3.63, 3.8) is 0 Å². The van der Waals surface area contributed by atoms with Crippen LogP contribution in [0.1, 0.15) is 302 Å². The lowest BCUT2D eigenvalue weighted by molar-refractivity contribution is -0.179. The van der Waals surface area contributed by atoms with Crippen LogP contribution in [0.15, 0.2) is 59.9 Å². The number of hydrogen-bond acceptors (Lipinski definition) is 42. The van der Waals surface area contributed by atoms with E-state index in [1.165, 1.54) is 0 Å². The van der Waals surface area contributed by atoms with Crippen LogP contribution in [-0.4, -0.2) is 352 Å². The lowest BCUT2D eigenvalue weighted by Gasteiger charge is -2.35. The maximum Gasteiger partial charge on any atom is 0.306 e. The molecule has 0 aromatic heterocycles. The molecule has 0 unspecified atom stereocenters. The van der Waals surface area contributed by atoms with E-state index in [9.17, 15) is 76.7 Å². The van der Waals surface area contributed by atoms with Crippen LogP contribution < -0.4 is 0 Å². The van der Waals surface area contributed by atoms with Gasteiger partial charge in [0.25, 0.3) is 0 Å². The van der Waals surface area contributed by atoms with Crippen molar-refractivity contribution in [1.82, 2.24) is 0 Å². The molecule has 0 heterocycles. The average molecular weight is 2090 g/mol. The largest absolute Gasteiger partial charge is 0.465 e. The standard InChI is InChI=1S/C106H170N12O30/c1-23-87(119)28-24-25-29-88(120)56-116-84(11)41-53-100(132)147-73-105(68-142-96(128)49-37-80(7)112-19,69-143-97(129)50-38-81(8)113-20)61-136-62-106(70-144-98(130)51-39-82(9)114-21,71-145-99(131)52-40-83(10)115-22)74-148-102(134)55-43-86(13)118-58-90(122)31-27-26-30-89(121)57-117-85(12)42-54-101(133)146-72-104(66-140-94(126)47-35-78(5)110-17,67-141-95(127)48-36-79(6)111-18)60-135-59-103(63-137-91(123)44-32-75(2)107-14,64-138-92(124)45-33-76(3)108-15)65-139-93(125)46-34-77(4)109-16/h23-74H2,1-22H3. The summed E-state index contributed by atoms with van der Waals surface area (Å²) in [5, 5.41) is 0. The average Bonchev–Trinajstić information content (AvgIpc) is 0.838. The van der Waals surface area contributed by atoms with E-state index in [4.69, 9.17) is 66.3 Å². The number of aliphatic imine (C=N–C) groups is 12. The van der Waals surface area contributed by atoms with Gasteiger partial charge in [-0.2, -0.15) is 0 Å². The summed E-state index contributed by atoms with van der Waals surface area (Å²) in [6.07, 6.45) is 3.46. The predicted octanol–water partition coefficient (Wildman–Crippen LogP) is 12.9. The molecule has 0 saturated heterocycles. The number of unbranched alkanes of at least 4 members (excludes halogenated alkanes) is 2. The Labute approximate surface area is 874 Å². The first-order chi connectivity index (χ1) is 70.3. The Kier molecular flexibility index (Phi) is 73.9. The van der Waals surface area contributed by atoms with Gasteiger partial charge in [-0.25, -0.2) is 0 Å². The highest BCUT2D eigenvalue weighted by atomic mass is 16.6. The lowest BCUT2D eigenvalue weighted by Crippen LogP contribution is -2.47. The van der Waals surface area contributed by atoms with E-state index in [2.05, 4.69) is 59.9 Å². The molecule has 0 radical (unpaired) electrons. The van der Waals surface area contributed by atoms with Gasteiger partial charge < -0.3 is 66.3 Å². The number of Topliss-reactive ketones (excluding diaryl/α,β-unsaturated/α-hetero) is 4. The van der Waals surface area contributed by atoms with Crippen LogP contribution in [0.4, 0.5) is 0 Å². The van der Waals surface area contributed by atoms with Gasteiger partial charge in [0.15, 0.2) is 17.3 Å². The van der Waals surface area contributed by atoms with Crippen molar-refractivity contribution in [1.29, 1.82) is 0 Å². The van der Waals surface area contributed by atoms with Crippen molar-refractivity contribution >= 4 is 163 Å². The summed E-state index contributed by atoms with van der Waals surface area (Å²) in [7, 11) is 14.2. The summed E-state index contributed by atoms with van der Waals surface area (Å²) in [5.41, 5.74) is 0.499. The van der Waals surface area contributed by atoms with E-state index in [-0.39, 0.29) is 216 Å². The van der Waals surface area contributed by atoms with Crippen molar-refractivity contribution < 1.29 is 143 Å². The highest BCUT2D eigenvalue weighted by molar-refractivity contribution is 5.94. The van der Waals surface area contributed by atoms with Crippen molar-refractivity contribution in [3.8, 4) is 0 Å². The van der Waals surface area contributed by atoms with E-state index in [1.54, 1.807) is 153 Å². The zero-order valence-electron chi connectivity index (χ0n) is 92.4. The minimum absolute atomic E-state index is 0.0100. The Hall–Kier alpha value is -11.7. The summed E-state index contributed by atoms with van der Waals surface area (Å²) in [4.78, 5) is 265. The first-order valence-electron chi connectivity index (χ1n) is 50.7. The molecule has 42 nitrogen and oxygen atoms in total. The normalized spacial score (nSPS) is 14.4. The molecule has 0 atom stereocenters. The molecule has 0 amide bonds. The van der Waals surface area contributed by atoms with Crippen LogP contribution in [0, 0.1) is 21.7 Å². The number of esters is 12. The first kappa shape index (κ1) is 136. The SMILES string of the molecule is CCC(=O)CCCCC(=O)CN=C(C)CCC(=O)OCC(COCC(COC(=O)CCC(C)=NC)(COC(=O)CCC(C)=NC)COC(=O)CCC(C)=NCC(=O)CCCCC(=O)CN=C(C)CCC(=O)OCC(COCC(COC(=O)CCC(C)=NC)(COC(=O)CCC(C)=NC)COC(=O)CCC(C)=NC)(COC(=O)CCC(C)=NC)COC(=O)CCC(C)=NC)(COC(=O)CCC(C)=NC)COC(=O)CCC(C)=NC. The van der Waals surface area contributed by atoms with Gasteiger partial charge in [-0.05, 0) is 186 Å². The number of ether oxygens (including phenoxy) is 14. The fourth-order valence-electron chi connectivity index (χ4n) is 12.6. The van der Waals surface area contributed by atoms with Crippen LogP contribution in [0.5, 0.6) is 0 Å². The molecule has 0 fully saturated rings. The summed E-state index contributed by atoms with van der Waals surface area (Å²) < 4.78 is 83.6. The number of ketones is 4. The second kappa shape index (κ2) is 80.3. The van der Waals surface area contributed by atoms with Crippen LogP contribution in [0.25, 0.3) is 0 Å². The van der Waals surface area contributed by atoms with Crippen LogP contribution in [-0.2, 0) is 143 Å². The van der Waals surface area contributed by atoms with E-state index in [1.807, 2.05) is 0 Å². The maximum atomic E-state index is 14.0. The fourth-order valence-corrected chi connectivity index (χ4v) is 12.6. The number of nitrogens with zero attached hydrogens (tertiary/aromatic N) is 12. The number of carbonyl (C=O) groups excluding carboxylic acids is 16. The molecule has 0 aliphatic rings. The van der Waals surface area contributed by atoms with Gasteiger partial charge in [-0.1, -0.05) is 6.92 Å². The Balaban J connectivity index is 7.21. The van der Waals surface area contributed by atoms with Gasteiger partial charge in [-0.15, -0.1) is 0 Å². The second-order valence-corrected chi connectivity index (χ2v) is 37.6. The number of carbonyl (C=O) groups is 16. The molecule has 0 rings (SSSR count). The minimum atomic E-state index is -1.71. The van der Waals surface area contributed by atoms with E-state index < -0.39 is 199 Å². The third kappa shape index (κ3) is 69.5. The molecule has 0 N–H and O–H groups in total. The number of rotatable bonds is 85. The van der Waals surface area contributed by atoms with E-state index >= 15 is 0 Å². The summed E-state index contributed by atoms with van der Waals surface area (Å²) in [6.45, 7) is 12.9. The quantitative estimate of drug-likeness (QED) is 0.0236. The molecular weight excluding hydrogens is 1920 g/mol. The van der Waals surface area contributed by atoms with Crippen LogP contribution in [0.3, 0.4) is 0 Å². The third-order valence-electron chi connectivity index (χ3n) is 24.1. The highest BCUT2D eigenvalue weighted by Crippen LogP contribution is 2.31. The monoisotopic (exact) mass is 2090 g/mol.